The van der Waals surface area contributed by atoms with Crippen molar-refractivity contribution in [2.45, 2.75) is 0 Å². The molecule has 0 aliphatic heterocycles. The van der Waals surface area contributed by atoms with Gasteiger partial charge in [-0.2, -0.15) is 5.26 Å². The Hall–Kier alpha value is -8.33. The minimum atomic E-state index is 0.442. The zero-order valence-corrected chi connectivity index (χ0v) is 33.3. The molecule has 0 amide bonds. The molecule has 0 aliphatic rings. The van der Waals surface area contributed by atoms with Gasteiger partial charge in [-0.3, -0.25) is 4.79 Å². The molecule has 0 atom stereocenters. The van der Waals surface area contributed by atoms with Gasteiger partial charge in [0.25, 0.3) is 0 Å². The third-order valence-corrected chi connectivity index (χ3v) is 9.93. The summed E-state index contributed by atoms with van der Waals surface area (Å²) in [7, 11) is 4.93. The van der Waals surface area contributed by atoms with Crippen LogP contribution >= 0.6 is 0 Å². The predicted molar refractivity (Wildman–Crippen MR) is 243 cm³/mol. The van der Waals surface area contributed by atoms with E-state index in [1.54, 1.807) is 45.6 Å². The molecular weight excluding hydrogens is 745 g/mol. The summed E-state index contributed by atoms with van der Waals surface area (Å²) in [4.78, 5) is 19.4. The number of anilines is 6. The highest BCUT2D eigenvalue weighted by molar-refractivity contribution is 5.85. The Morgan fingerprint density at radius 1 is 0.483 bits per heavy atom. The summed E-state index contributed by atoms with van der Waals surface area (Å²) in [6.07, 6.45) is 8.45. The molecule has 0 saturated carbocycles. The smallest absolute Gasteiger partial charge is 0.194 e. The van der Waals surface area contributed by atoms with Crippen molar-refractivity contribution >= 4 is 70.4 Å². The first-order valence-electron chi connectivity index (χ1n) is 19.0. The van der Waals surface area contributed by atoms with Gasteiger partial charge in [-0.25, -0.2) is 4.85 Å². The van der Waals surface area contributed by atoms with Crippen LogP contribution in [0.4, 0.5) is 39.8 Å². The molecule has 0 bridgehead atoms. The van der Waals surface area contributed by atoms with Crippen LogP contribution < -0.4 is 24.0 Å². The van der Waals surface area contributed by atoms with Gasteiger partial charge < -0.3 is 24.0 Å². The SMILES string of the molecule is [C-]#[N+]c1cc(/C=C\c2ccc(N(c3ccc(C=O)cc3)c3ccc(OC)cc3)cc2)c(C#N)cc1/C=C\c1ccc(N(c2ccc(OC)cc2)c2ccc(OC)cc2)cc1. The van der Waals surface area contributed by atoms with Crippen LogP contribution in [0.5, 0.6) is 17.2 Å². The molecule has 0 spiro atoms. The van der Waals surface area contributed by atoms with Crippen molar-refractivity contribution in [3.63, 3.8) is 0 Å². The van der Waals surface area contributed by atoms with Gasteiger partial charge in [0.05, 0.1) is 39.5 Å². The van der Waals surface area contributed by atoms with Crippen LogP contribution in [0.2, 0.25) is 0 Å². The molecule has 8 nitrogen and oxygen atoms in total. The molecule has 7 aromatic rings. The first-order chi connectivity index (χ1) is 29.4. The maximum atomic E-state index is 11.3. The number of carbonyl (C=O) groups is 1. The molecule has 0 heterocycles. The molecule has 60 heavy (non-hydrogen) atoms. The topological polar surface area (TPSA) is 79.4 Å². The van der Waals surface area contributed by atoms with Gasteiger partial charge in [0.2, 0.25) is 0 Å². The van der Waals surface area contributed by atoms with E-state index < -0.39 is 0 Å². The third kappa shape index (κ3) is 9.11. The highest BCUT2D eigenvalue weighted by Crippen LogP contribution is 2.38. The van der Waals surface area contributed by atoms with Crippen LogP contribution in [0.1, 0.15) is 38.2 Å². The zero-order valence-electron chi connectivity index (χ0n) is 33.3. The van der Waals surface area contributed by atoms with Crippen LogP contribution in [-0.4, -0.2) is 27.6 Å². The van der Waals surface area contributed by atoms with Crippen LogP contribution in [0, 0.1) is 17.9 Å². The lowest BCUT2D eigenvalue weighted by Gasteiger charge is -2.26. The molecule has 0 radical (unpaired) electrons. The van der Waals surface area contributed by atoms with Gasteiger partial charge in [-0.05, 0) is 156 Å². The Bertz CT molecular complexity index is 2660. The number of rotatable bonds is 14. The number of aldehydes is 1. The maximum Gasteiger partial charge on any atom is 0.194 e. The first kappa shape index (κ1) is 39.9. The van der Waals surface area contributed by atoms with E-state index >= 15 is 0 Å². The fourth-order valence-electron chi connectivity index (χ4n) is 6.72. The quantitative estimate of drug-likeness (QED) is 0.0617. The van der Waals surface area contributed by atoms with E-state index in [4.69, 9.17) is 20.8 Å². The number of carbonyl (C=O) groups excluding carboxylic acids is 1. The van der Waals surface area contributed by atoms with Crippen LogP contribution in [0.3, 0.4) is 0 Å². The van der Waals surface area contributed by atoms with Gasteiger partial charge in [0.1, 0.15) is 23.5 Å². The molecule has 0 aromatic heterocycles. The molecule has 292 valence electrons. The van der Waals surface area contributed by atoms with E-state index in [2.05, 4.69) is 20.7 Å². The summed E-state index contributed by atoms with van der Waals surface area (Å²) in [6.45, 7) is 7.96. The number of benzene rings is 7. The summed E-state index contributed by atoms with van der Waals surface area (Å²) < 4.78 is 16.1. The second-order valence-electron chi connectivity index (χ2n) is 13.5. The van der Waals surface area contributed by atoms with E-state index in [1.807, 2.05) is 158 Å². The van der Waals surface area contributed by atoms with Gasteiger partial charge in [0, 0.05) is 39.7 Å². The number of nitriles is 1. The van der Waals surface area contributed by atoms with Gasteiger partial charge >= 0.3 is 0 Å². The standard InChI is InChI=1S/C52H40N4O4/c1-54-52-34-40(13-5-37-7-15-43(16-8-37)55(45-19-11-39(36-57)12-20-45)46-21-27-49(58-2)28-22-46)42(35-53)33-41(52)14-6-38-9-17-44(18-10-38)56(47-23-29-50(59-3)30-24-47)48-25-31-51(60-4)32-26-48/h5-34,36H,2-4H3/b13-5-,14-6-. The van der Waals surface area contributed by atoms with Crippen molar-refractivity contribution in [1.82, 2.24) is 0 Å². The van der Waals surface area contributed by atoms with Crippen LogP contribution in [0.25, 0.3) is 29.1 Å². The number of hydrogen-bond donors (Lipinski definition) is 0. The predicted octanol–water partition coefficient (Wildman–Crippen LogP) is 13.2. The highest BCUT2D eigenvalue weighted by Gasteiger charge is 2.15. The number of hydrogen-bond acceptors (Lipinski definition) is 7. The second kappa shape index (κ2) is 18.7. The third-order valence-electron chi connectivity index (χ3n) is 9.93. The van der Waals surface area contributed by atoms with Gasteiger partial charge in [-0.1, -0.05) is 48.6 Å². The number of methoxy groups -OCH3 is 3. The summed E-state index contributed by atoms with van der Waals surface area (Å²) in [5, 5.41) is 10.2. The molecule has 7 rings (SSSR count). The lowest BCUT2D eigenvalue weighted by atomic mass is 10.0. The Balaban J connectivity index is 1.11. The maximum absolute atomic E-state index is 11.3. The summed E-state index contributed by atoms with van der Waals surface area (Å²) in [5.41, 5.74) is 10.3. The molecule has 0 fully saturated rings. The van der Waals surface area contributed by atoms with E-state index in [-0.39, 0.29) is 0 Å². The Labute approximate surface area is 350 Å². The number of nitrogens with zero attached hydrogens (tertiary/aromatic N) is 4. The van der Waals surface area contributed by atoms with E-state index in [0.717, 1.165) is 68.8 Å². The lowest BCUT2D eigenvalue weighted by Crippen LogP contribution is -2.09. The van der Waals surface area contributed by atoms with Gasteiger partial charge in [0.15, 0.2) is 5.69 Å². The monoisotopic (exact) mass is 784 g/mol. The number of ether oxygens (including phenoxy) is 3. The highest BCUT2D eigenvalue weighted by atomic mass is 16.5. The molecule has 0 N–H and O–H groups in total. The van der Waals surface area contributed by atoms with E-state index in [9.17, 15) is 10.1 Å². The zero-order chi connectivity index (χ0) is 41.8. The normalized spacial score (nSPS) is 10.8. The van der Waals surface area contributed by atoms with Crippen molar-refractivity contribution in [3.05, 3.63) is 203 Å². The largest absolute Gasteiger partial charge is 0.497 e. The average molecular weight is 785 g/mol. The van der Waals surface area contributed by atoms with Crippen LogP contribution in [-0.2, 0) is 0 Å². The first-order valence-corrected chi connectivity index (χ1v) is 19.0. The summed E-state index contributed by atoms with van der Waals surface area (Å²) >= 11 is 0. The Morgan fingerprint density at radius 3 is 1.13 bits per heavy atom. The van der Waals surface area contributed by atoms with E-state index in [0.29, 0.717) is 27.9 Å². The van der Waals surface area contributed by atoms with Crippen molar-refractivity contribution in [2.75, 3.05) is 31.1 Å². The van der Waals surface area contributed by atoms with Crippen molar-refractivity contribution in [2.24, 2.45) is 0 Å². The Kier molecular flexibility index (Phi) is 12.5. The van der Waals surface area contributed by atoms with Gasteiger partial charge in [-0.15, -0.1) is 0 Å². The van der Waals surface area contributed by atoms with Crippen molar-refractivity contribution < 1.29 is 19.0 Å². The minimum Gasteiger partial charge on any atom is -0.497 e. The fraction of sp³-hybridized carbons (Fsp3) is 0.0577. The second-order valence-corrected chi connectivity index (χ2v) is 13.5. The lowest BCUT2D eigenvalue weighted by molar-refractivity contribution is 0.112. The molecule has 0 unspecified atom stereocenters. The summed E-state index contributed by atoms with van der Waals surface area (Å²) in [6, 6.07) is 53.0. The molecule has 0 saturated heterocycles. The Morgan fingerprint density at radius 2 is 0.817 bits per heavy atom. The summed E-state index contributed by atoms with van der Waals surface area (Å²) in [5.74, 6) is 2.30. The van der Waals surface area contributed by atoms with Crippen molar-refractivity contribution in [1.29, 1.82) is 5.26 Å². The molecule has 0 aliphatic carbocycles. The fourth-order valence-corrected chi connectivity index (χ4v) is 6.72. The molecular formula is C52H40N4O4. The minimum absolute atomic E-state index is 0.442. The molecule has 7 aromatic carbocycles. The van der Waals surface area contributed by atoms with Crippen molar-refractivity contribution in [3.8, 4) is 23.3 Å². The average Bonchev–Trinajstić information content (AvgIpc) is 3.32. The molecule has 8 heteroatoms. The van der Waals surface area contributed by atoms with E-state index in [1.165, 1.54) is 0 Å². The van der Waals surface area contributed by atoms with Crippen LogP contribution in [0.15, 0.2) is 158 Å².